The normalized spacial score (nSPS) is 11.7. The first-order chi connectivity index (χ1) is 23.8. The van der Waals surface area contributed by atoms with Crippen LogP contribution in [-0.4, -0.2) is 42.2 Å². The molecule has 0 aromatic heterocycles. The van der Waals surface area contributed by atoms with Crippen LogP contribution in [0.15, 0.2) is 139 Å². The van der Waals surface area contributed by atoms with Gasteiger partial charge in [-0.2, -0.15) is 10.2 Å². The molecule has 0 unspecified atom stereocenters. The Morgan fingerprint density at radius 1 is 0.538 bits per heavy atom. The number of carbonyl (C=O) groups excluding carboxylic acids is 1. The van der Waals surface area contributed by atoms with Crippen LogP contribution in [0.3, 0.4) is 0 Å². The topological polar surface area (TPSA) is 245 Å². The van der Waals surface area contributed by atoms with Gasteiger partial charge >= 0.3 is 65.1 Å². The second kappa shape index (κ2) is 16.6. The van der Waals surface area contributed by atoms with Gasteiger partial charge in [-0.1, -0.05) is 36.4 Å². The number of nitrogens with one attached hydrogen (secondary N) is 2. The van der Waals surface area contributed by atoms with E-state index in [-0.39, 0.29) is 92.0 Å². The number of hydrogen-bond donors (Lipinski definition) is 4. The maximum absolute atomic E-state index is 12.9. The summed E-state index contributed by atoms with van der Waals surface area (Å²) in [4.78, 5) is 11.3. The van der Waals surface area contributed by atoms with Crippen LogP contribution in [0.2, 0.25) is 0 Å². The third-order valence-electron chi connectivity index (χ3n) is 7.20. The van der Waals surface area contributed by atoms with Crippen molar-refractivity contribution in [3.63, 3.8) is 0 Å². The van der Waals surface area contributed by atoms with E-state index in [1.807, 2.05) is 0 Å². The zero-order valence-electron chi connectivity index (χ0n) is 27.2. The summed E-state index contributed by atoms with van der Waals surface area (Å²) >= 11 is 0. The molecular weight excluding hydrogens is 735 g/mol. The van der Waals surface area contributed by atoms with Crippen molar-refractivity contribution in [2.45, 2.75) is 9.79 Å². The van der Waals surface area contributed by atoms with Gasteiger partial charge in [0.25, 0.3) is 0 Å². The largest absolute Gasteiger partial charge is 1.00 e. The number of benzene rings is 6. The van der Waals surface area contributed by atoms with Gasteiger partial charge in [-0.05, 0) is 83.6 Å². The average molecular weight is 757 g/mol. The molecule has 0 aliphatic rings. The molecule has 0 saturated heterocycles. The monoisotopic (exact) mass is 756 g/mol. The zero-order valence-corrected chi connectivity index (χ0v) is 32.9. The summed E-state index contributed by atoms with van der Waals surface area (Å²) in [6.07, 6.45) is 0. The smallest absolute Gasteiger partial charge is 0.744 e. The van der Waals surface area contributed by atoms with Crippen LogP contribution >= 0.6 is 0 Å². The van der Waals surface area contributed by atoms with Crippen molar-refractivity contribution < 1.29 is 100 Å². The number of urea groups is 1. The van der Waals surface area contributed by atoms with Crippen LogP contribution in [0.1, 0.15) is 0 Å². The predicted molar refractivity (Wildman–Crippen MR) is 181 cm³/mol. The number of phenols is 2. The van der Waals surface area contributed by atoms with Gasteiger partial charge in [-0.15, -0.1) is 10.2 Å². The second-order valence-electron chi connectivity index (χ2n) is 10.6. The quantitative estimate of drug-likeness (QED) is 0.100. The van der Waals surface area contributed by atoms with Crippen molar-refractivity contribution in [2.24, 2.45) is 20.5 Å². The molecule has 6 rings (SSSR count). The van der Waals surface area contributed by atoms with Crippen LogP contribution in [0.5, 0.6) is 11.5 Å². The molecule has 0 bridgehead atoms. The molecule has 0 saturated carbocycles. The predicted octanol–water partition coefficient (Wildman–Crippen LogP) is 1.70. The molecule has 52 heavy (non-hydrogen) atoms. The van der Waals surface area contributed by atoms with E-state index in [0.29, 0.717) is 11.4 Å². The summed E-state index contributed by atoms with van der Waals surface area (Å²) in [6.45, 7) is 0. The van der Waals surface area contributed by atoms with Crippen molar-refractivity contribution in [3.05, 3.63) is 109 Å². The number of nitrogens with zero attached hydrogens (tertiary/aromatic N) is 4. The fourth-order valence-corrected chi connectivity index (χ4v) is 6.22. The molecule has 0 radical (unpaired) electrons. The van der Waals surface area contributed by atoms with Crippen LogP contribution in [0.25, 0.3) is 21.5 Å². The second-order valence-corrected chi connectivity index (χ2v) is 13.3. The van der Waals surface area contributed by atoms with Gasteiger partial charge in [0.05, 0.1) is 21.2 Å². The Labute approximate surface area is 340 Å². The minimum Gasteiger partial charge on any atom is -0.744 e. The van der Waals surface area contributed by atoms with Crippen LogP contribution in [0, 0.1) is 0 Å². The van der Waals surface area contributed by atoms with Gasteiger partial charge in [-0.25, -0.2) is 21.6 Å². The van der Waals surface area contributed by atoms with E-state index in [2.05, 4.69) is 31.1 Å². The summed E-state index contributed by atoms with van der Waals surface area (Å²) in [5.41, 5.74) is -0.127. The number of carbonyl (C=O) groups is 1. The first-order valence-corrected chi connectivity index (χ1v) is 17.1. The molecule has 0 aliphatic heterocycles. The van der Waals surface area contributed by atoms with E-state index in [4.69, 9.17) is 0 Å². The van der Waals surface area contributed by atoms with Gasteiger partial charge in [0.1, 0.15) is 31.6 Å². The summed E-state index contributed by atoms with van der Waals surface area (Å²) in [6, 6.07) is 25.9. The molecule has 0 atom stereocenters. The van der Waals surface area contributed by atoms with E-state index in [9.17, 15) is 40.9 Å². The average Bonchev–Trinajstić information content (AvgIpc) is 3.07. The zero-order chi connectivity index (χ0) is 35.6. The van der Waals surface area contributed by atoms with Crippen molar-refractivity contribution in [2.75, 3.05) is 10.6 Å². The van der Waals surface area contributed by atoms with Crippen molar-refractivity contribution in [3.8, 4) is 11.5 Å². The Balaban J connectivity index is 0.00000302. The Morgan fingerprint density at radius 2 is 0.904 bits per heavy atom. The molecule has 2 amide bonds. The summed E-state index contributed by atoms with van der Waals surface area (Å²) in [5, 5.41) is 42.7. The fourth-order valence-electron chi connectivity index (χ4n) is 4.93. The minimum absolute atomic E-state index is 0. The first kappa shape index (κ1) is 40.5. The third-order valence-corrected chi connectivity index (χ3v) is 8.90. The molecule has 0 heterocycles. The number of phenolic OH excluding ortho intramolecular Hbond substituents is 2. The summed E-state index contributed by atoms with van der Waals surface area (Å²) < 4.78 is 72.6. The van der Waals surface area contributed by atoms with E-state index in [1.165, 1.54) is 36.4 Å². The summed E-state index contributed by atoms with van der Waals surface area (Å²) in [5.74, 6) is -1.23. The first-order valence-electron chi connectivity index (χ1n) is 14.3. The number of anilines is 2. The molecular formula is C33H22N6Na2O9S2. The van der Waals surface area contributed by atoms with Crippen LogP contribution < -0.4 is 69.7 Å². The number of rotatable bonds is 8. The van der Waals surface area contributed by atoms with Crippen molar-refractivity contribution in [1.82, 2.24) is 0 Å². The van der Waals surface area contributed by atoms with Gasteiger partial charge < -0.3 is 30.0 Å². The van der Waals surface area contributed by atoms with E-state index in [1.54, 1.807) is 60.7 Å². The maximum Gasteiger partial charge on any atom is 1.00 e. The van der Waals surface area contributed by atoms with Gasteiger partial charge in [0.15, 0.2) is 11.5 Å². The number of hydrogen-bond acceptors (Lipinski definition) is 13. The van der Waals surface area contributed by atoms with Crippen molar-refractivity contribution in [1.29, 1.82) is 0 Å². The van der Waals surface area contributed by atoms with E-state index in [0.717, 1.165) is 12.1 Å². The SMILES string of the molecule is O=C(Nc1ccc2c(O)c(N=Nc3ccccc3)c(S(=O)(=O)[O-])cc2c1)Nc1ccc2c(O)c(N=Nc3ccccc3)c(S(=O)(=O)[O-])cc2c1.[Na+].[Na+]. The van der Waals surface area contributed by atoms with Crippen LogP contribution in [-0.2, 0) is 20.2 Å². The Hall–Kier alpha value is -4.27. The van der Waals surface area contributed by atoms with Crippen LogP contribution in [0.4, 0.5) is 38.9 Å². The molecule has 0 spiro atoms. The fraction of sp³-hybridized carbons (Fsp3) is 0. The summed E-state index contributed by atoms with van der Waals surface area (Å²) in [7, 11) is -10.3. The molecule has 15 nitrogen and oxygen atoms in total. The number of azo groups is 2. The van der Waals surface area contributed by atoms with Gasteiger partial charge in [0.2, 0.25) is 0 Å². The van der Waals surface area contributed by atoms with Gasteiger partial charge in [-0.3, -0.25) is 0 Å². The molecule has 0 fully saturated rings. The van der Waals surface area contributed by atoms with Gasteiger partial charge in [0, 0.05) is 22.1 Å². The standard InChI is InChI=1S/C33H24N6O9S2.2Na/c40-31-25-13-11-23(15-19(25)17-27(49(43,44)45)29(31)38-36-21-7-3-1-4-8-21)34-33(42)35-24-12-14-26-20(16-24)18-28(50(46,47)48)30(32(26)41)39-37-22-9-5-2-6-10-22;;/h1-18,40-41H,(H2,34,35,42)(H,43,44,45)(H,46,47,48);;/q;2*+1/p-2. The number of fused-ring (bicyclic) bond motifs is 2. The molecule has 4 N–H and O–H groups in total. The number of aromatic hydroxyl groups is 2. The number of amides is 2. The Morgan fingerprint density at radius 3 is 1.25 bits per heavy atom. The Kier molecular flexibility index (Phi) is 12.9. The molecule has 6 aromatic carbocycles. The minimum atomic E-state index is -5.13. The molecule has 19 heteroatoms. The third kappa shape index (κ3) is 9.20. The Bertz CT molecular complexity index is 2420. The molecule has 252 valence electrons. The van der Waals surface area contributed by atoms with Crippen molar-refractivity contribution >= 4 is 81.9 Å². The van der Waals surface area contributed by atoms with E-state index >= 15 is 0 Å². The molecule has 6 aromatic rings. The maximum atomic E-state index is 12.9. The molecule has 0 aliphatic carbocycles. The van der Waals surface area contributed by atoms with E-state index < -0.39 is 58.9 Å².